The summed E-state index contributed by atoms with van der Waals surface area (Å²) in [6.07, 6.45) is -4.36. The van der Waals surface area contributed by atoms with Crippen molar-refractivity contribution in [3.05, 3.63) is 29.6 Å². The highest BCUT2D eigenvalue weighted by atomic mass is 19.4. The molecule has 0 saturated carbocycles. The number of hydrogen-bond donors (Lipinski definition) is 2. The van der Waals surface area contributed by atoms with E-state index in [1.54, 1.807) is 0 Å². The highest BCUT2D eigenvalue weighted by Gasteiger charge is 2.35. The van der Waals surface area contributed by atoms with Crippen LogP contribution in [-0.2, 0) is 15.8 Å². The Morgan fingerprint density at radius 2 is 2.04 bits per heavy atom. The maximum Gasteiger partial charge on any atom is 0.419 e. The van der Waals surface area contributed by atoms with Crippen molar-refractivity contribution in [3.63, 3.8) is 0 Å². The van der Waals surface area contributed by atoms with Gasteiger partial charge in [-0.1, -0.05) is 0 Å². The van der Waals surface area contributed by atoms with Gasteiger partial charge in [0.05, 0.1) is 5.56 Å². The van der Waals surface area contributed by atoms with Crippen LogP contribution in [0.3, 0.4) is 0 Å². The van der Waals surface area contributed by atoms with Gasteiger partial charge in [0.15, 0.2) is 0 Å². The van der Waals surface area contributed by atoms with Gasteiger partial charge in [0.1, 0.15) is 5.82 Å². The molecule has 2 rings (SSSR count). The van der Waals surface area contributed by atoms with Crippen LogP contribution in [0.4, 0.5) is 23.2 Å². The van der Waals surface area contributed by atoms with Crippen molar-refractivity contribution < 1.29 is 32.3 Å². The molecule has 0 aromatic heterocycles. The SMILES string of the molecule is O=C(Nc1ccc(F)c(C(F)(F)F)c1)C(=O)N1CCC(CO)C1. The van der Waals surface area contributed by atoms with Gasteiger partial charge in [0.2, 0.25) is 0 Å². The fourth-order valence-electron chi connectivity index (χ4n) is 2.31. The quantitative estimate of drug-likeness (QED) is 0.638. The first-order chi connectivity index (χ1) is 10.7. The molecule has 0 spiro atoms. The van der Waals surface area contributed by atoms with Gasteiger partial charge < -0.3 is 15.3 Å². The number of benzene rings is 1. The van der Waals surface area contributed by atoms with Crippen LogP contribution in [0.15, 0.2) is 18.2 Å². The molecule has 1 aliphatic heterocycles. The maximum absolute atomic E-state index is 13.2. The lowest BCUT2D eigenvalue weighted by Gasteiger charge is -2.16. The molecule has 1 aliphatic rings. The fraction of sp³-hybridized carbons (Fsp3) is 0.429. The first-order valence-corrected chi connectivity index (χ1v) is 6.80. The summed E-state index contributed by atoms with van der Waals surface area (Å²) in [4.78, 5) is 24.9. The largest absolute Gasteiger partial charge is 0.419 e. The van der Waals surface area contributed by atoms with E-state index in [9.17, 15) is 27.2 Å². The topological polar surface area (TPSA) is 69.6 Å². The van der Waals surface area contributed by atoms with Crippen LogP contribution in [0.1, 0.15) is 12.0 Å². The number of nitrogens with one attached hydrogen (secondary N) is 1. The summed E-state index contributed by atoms with van der Waals surface area (Å²) in [5.41, 5.74) is -1.85. The minimum absolute atomic E-state index is 0.113. The number of anilines is 1. The molecule has 9 heteroatoms. The summed E-state index contributed by atoms with van der Waals surface area (Å²) in [6, 6.07) is 1.94. The third kappa shape index (κ3) is 3.98. The molecule has 0 aliphatic carbocycles. The number of amides is 2. The van der Waals surface area contributed by atoms with E-state index in [1.165, 1.54) is 4.90 Å². The number of nitrogens with zero attached hydrogens (tertiary/aromatic N) is 1. The normalized spacial score (nSPS) is 18.1. The lowest BCUT2D eigenvalue weighted by atomic mass is 10.1. The number of rotatable bonds is 2. The summed E-state index contributed by atoms with van der Waals surface area (Å²) in [5.74, 6) is -3.59. The zero-order valence-electron chi connectivity index (χ0n) is 11.9. The van der Waals surface area contributed by atoms with Gasteiger partial charge >= 0.3 is 18.0 Å². The average Bonchev–Trinajstić information content (AvgIpc) is 2.96. The summed E-state index contributed by atoms with van der Waals surface area (Å²) in [6.45, 7) is 0.382. The second-order valence-corrected chi connectivity index (χ2v) is 5.23. The molecule has 2 amide bonds. The Kier molecular flexibility index (Phi) is 4.88. The zero-order valence-corrected chi connectivity index (χ0v) is 11.9. The highest BCUT2D eigenvalue weighted by molar-refractivity contribution is 6.39. The van der Waals surface area contributed by atoms with Gasteiger partial charge in [0, 0.05) is 31.3 Å². The molecular formula is C14H14F4N2O3. The van der Waals surface area contributed by atoms with Gasteiger partial charge in [-0.3, -0.25) is 9.59 Å². The maximum atomic E-state index is 13.2. The van der Waals surface area contributed by atoms with Crippen molar-refractivity contribution in [2.24, 2.45) is 5.92 Å². The first kappa shape index (κ1) is 17.2. The molecule has 1 aromatic carbocycles. The Balaban J connectivity index is 2.07. The van der Waals surface area contributed by atoms with Crippen LogP contribution >= 0.6 is 0 Å². The number of aliphatic hydroxyl groups excluding tert-OH is 1. The molecule has 1 fully saturated rings. The predicted octanol–water partition coefficient (Wildman–Crippen LogP) is 1.62. The average molecular weight is 334 g/mol. The summed E-state index contributed by atoms with van der Waals surface area (Å²) < 4.78 is 51.0. The summed E-state index contributed by atoms with van der Waals surface area (Å²) >= 11 is 0. The minimum atomic E-state index is -4.90. The Hall–Kier alpha value is -2.16. The van der Waals surface area contributed by atoms with Crippen LogP contribution < -0.4 is 5.32 Å². The van der Waals surface area contributed by atoms with Crippen molar-refractivity contribution in [2.45, 2.75) is 12.6 Å². The third-order valence-corrected chi connectivity index (χ3v) is 3.56. The van der Waals surface area contributed by atoms with Crippen LogP contribution in [-0.4, -0.2) is 41.5 Å². The zero-order chi connectivity index (χ0) is 17.2. The van der Waals surface area contributed by atoms with Crippen LogP contribution in [0, 0.1) is 11.7 Å². The van der Waals surface area contributed by atoms with Crippen LogP contribution in [0.2, 0.25) is 0 Å². The minimum Gasteiger partial charge on any atom is -0.396 e. The van der Waals surface area contributed by atoms with Crippen molar-refractivity contribution in [2.75, 3.05) is 25.0 Å². The molecule has 23 heavy (non-hydrogen) atoms. The molecule has 1 unspecified atom stereocenters. The molecule has 0 bridgehead atoms. The van der Waals surface area contributed by atoms with Crippen LogP contribution in [0.25, 0.3) is 0 Å². The van der Waals surface area contributed by atoms with E-state index in [1.807, 2.05) is 5.32 Å². The molecule has 1 aromatic rings. The molecule has 1 saturated heterocycles. The van der Waals surface area contributed by atoms with Crippen molar-refractivity contribution in [3.8, 4) is 0 Å². The number of carbonyl (C=O) groups is 2. The van der Waals surface area contributed by atoms with E-state index in [0.717, 1.165) is 6.07 Å². The van der Waals surface area contributed by atoms with Crippen molar-refractivity contribution >= 4 is 17.5 Å². The number of likely N-dealkylation sites (tertiary alicyclic amines) is 1. The Morgan fingerprint density at radius 3 is 2.61 bits per heavy atom. The van der Waals surface area contributed by atoms with Crippen LogP contribution in [0.5, 0.6) is 0 Å². The predicted molar refractivity (Wildman–Crippen MR) is 71.8 cm³/mol. The van der Waals surface area contributed by atoms with Gasteiger partial charge in [-0.25, -0.2) is 4.39 Å². The number of aliphatic hydroxyl groups is 1. The molecule has 2 N–H and O–H groups in total. The van der Waals surface area contributed by atoms with Crippen molar-refractivity contribution in [1.82, 2.24) is 4.90 Å². The number of halogens is 4. The monoisotopic (exact) mass is 334 g/mol. The van der Waals surface area contributed by atoms with Gasteiger partial charge in [-0.2, -0.15) is 13.2 Å². The highest BCUT2D eigenvalue weighted by Crippen LogP contribution is 2.33. The van der Waals surface area contributed by atoms with E-state index < -0.39 is 29.4 Å². The Labute approximate surface area is 128 Å². The van der Waals surface area contributed by atoms with E-state index >= 15 is 0 Å². The molecule has 0 radical (unpaired) electrons. The van der Waals surface area contributed by atoms with Gasteiger partial charge in [-0.05, 0) is 24.6 Å². The second-order valence-electron chi connectivity index (χ2n) is 5.23. The standard InChI is InChI=1S/C14H14F4N2O3/c15-11-2-1-9(5-10(11)14(16,17)18)19-12(22)13(23)20-4-3-8(6-20)7-21/h1-2,5,8,21H,3-4,6-7H2,(H,19,22). The Morgan fingerprint density at radius 1 is 1.35 bits per heavy atom. The fourth-order valence-corrected chi connectivity index (χ4v) is 2.31. The van der Waals surface area contributed by atoms with Gasteiger partial charge in [0.25, 0.3) is 0 Å². The van der Waals surface area contributed by atoms with E-state index in [4.69, 9.17) is 5.11 Å². The number of hydrogen-bond acceptors (Lipinski definition) is 3. The second kappa shape index (κ2) is 6.53. The van der Waals surface area contributed by atoms with E-state index in [2.05, 4.69) is 0 Å². The molecular weight excluding hydrogens is 320 g/mol. The third-order valence-electron chi connectivity index (χ3n) is 3.56. The summed E-state index contributed by atoms with van der Waals surface area (Å²) in [5, 5.41) is 11.0. The lowest BCUT2D eigenvalue weighted by molar-refractivity contribution is -0.142. The van der Waals surface area contributed by atoms with Crippen molar-refractivity contribution in [1.29, 1.82) is 0 Å². The van der Waals surface area contributed by atoms with E-state index in [0.29, 0.717) is 18.6 Å². The molecule has 126 valence electrons. The first-order valence-electron chi connectivity index (χ1n) is 6.80. The summed E-state index contributed by atoms with van der Waals surface area (Å²) in [7, 11) is 0. The van der Waals surface area contributed by atoms with E-state index in [-0.39, 0.29) is 31.3 Å². The smallest absolute Gasteiger partial charge is 0.396 e. The number of alkyl halides is 3. The molecule has 1 heterocycles. The number of carbonyl (C=O) groups excluding carboxylic acids is 2. The Bertz CT molecular complexity index is 619. The molecule has 1 atom stereocenters. The molecule has 5 nitrogen and oxygen atoms in total. The van der Waals surface area contributed by atoms with Gasteiger partial charge in [-0.15, -0.1) is 0 Å². The lowest BCUT2D eigenvalue weighted by Crippen LogP contribution is -2.38.